The van der Waals surface area contributed by atoms with E-state index in [0.29, 0.717) is 40.6 Å². The summed E-state index contributed by atoms with van der Waals surface area (Å²) in [5.74, 6) is 0.701. The van der Waals surface area contributed by atoms with Crippen LogP contribution in [-0.2, 0) is 7.05 Å². The molecular weight excluding hydrogens is 365 g/mol. The summed E-state index contributed by atoms with van der Waals surface area (Å²) in [6, 6.07) is 5.43. The smallest absolute Gasteiger partial charge is 0.321 e. The highest BCUT2D eigenvalue weighted by molar-refractivity contribution is 5.93. The fourth-order valence-corrected chi connectivity index (χ4v) is 2.76. The van der Waals surface area contributed by atoms with Gasteiger partial charge in [-0.2, -0.15) is 10.1 Å². The second kappa shape index (κ2) is 7.02. The van der Waals surface area contributed by atoms with Crippen LogP contribution in [0.25, 0.3) is 34.1 Å². The highest BCUT2D eigenvalue weighted by Crippen LogP contribution is 2.29. The number of H-pyrrole nitrogens is 1. The van der Waals surface area contributed by atoms with Crippen molar-refractivity contribution in [2.24, 2.45) is 7.05 Å². The van der Waals surface area contributed by atoms with Crippen molar-refractivity contribution in [3.05, 3.63) is 36.4 Å². The molecule has 0 saturated carbocycles. The molecule has 0 aliphatic carbocycles. The summed E-state index contributed by atoms with van der Waals surface area (Å²) in [6.07, 6.45) is 1.38. The van der Waals surface area contributed by atoms with Crippen LogP contribution in [0.3, 0.4) is 0 Å². The van der Waals surface area contributed by atoms with E-state index in [2.05, 4.69) is 40.8 Å². The molecule has 4 rings (SSSR count). The molecule has 0 atom stereocenters. The van der Waals surface area contributed by atoms with Crippen molar-refractivity contribution in [2.75, 3.05) is 11.9 Å². The van der Waals surface area contributed by atoms with Gasteiger partial charge in [0.2, 0.25) is 5.95 Å². The third-order valence-corrected chi connectivity index (χ3v) is 4.03. The van der Waals surface area contributed by atoms with Gasteiger partial charge in [-0.05, 0) is 31.2 Å². The minimum atomic E-state index is -0.426. The average molecular weight is 381 g/mol. The number of urea groups is 1. The number of aromatic nitrogens is 7. The zero-order valence-corrected chi connectivity index (χ0v) is 15.1. The number of nitrogens with one attached hydrogen (secondary N) is 3. The Kier molecular flexibility index (Phi) is 4.39. The number of aryl methyl sites for hydroxylation is 1. The number of hydrogen-bond acceptors (Lipinski definition) is 6. The summed E-state index contributed by atoms with van der Waals surface area (Å²) in [4.78, 5) is 29.5. The molecule has 11 heteroatoms. The van der Waals surface area contributed by atoms with Crippen molar-refractivity contribution in [3.63, 3.8) is 0 Å². The second-order valence-electron chi connectivity index (χ2n) is 5.89. The van der Waals surface area contributed by atoms with Gasteiger partial charge in [-0.1, -0.05) is 0 Å². The first-order valence-corrected chi connectivity index (χ1v) is 8.47. The van der Waals surface area contributed by atoms with Gasteiger partial charge in [0, 0.05) is 19.2 Å². The van der Waals surface area contributed by atoms with Crippen LogP contribution >= 0.6 is 0 Å². The number of nitrogens with zero attached hydrogens (tertiary/aromatic N) is 6. The van der Waals surface area contributed by atoms with Gasteiger partial charge in [-0.25, -0.2) is 24.1 Å². The predicted molar refractivity (Wildman–Crippen MR) is 99.8 cm³/mol. The molecule has 0 saturated heterocycles. The molecule has 10 nitrogen and oxygen atoms in total. The number of rotatable bonds is 4. The number of amides is 2. The van der Waals surface area contributed by atoms with Crippen LogP contribution in [-0.4, -0.2) is 47.3 Å². The Balaban J connectivity index is 1.92. The van der Waals surface area contributed by atoms with Crippen molar-refractivity contribution < 1.29 is 9.18 Å². The van der Waals surface area contributed by atoms with Crippen LogP contribution in [0.5, 0.6) is 0 Å². The zero-order valence-electron chi connectivity index (χ0n) is 15.1. The maximum Gasteiger partial charge on any atom is 0.321 e. The van der Waals surface area contributed by atoms with Crippen LogP contribution in [0.15, 0.2) is 30.6 Å². The average Bonchev–Trinajstić information content (AvgIpc) is 3.31. The van der Waals surface area contributed by atoms with E-state index in [9.17, 15) is 9.18 Å². The summed E-state index contributed by atoms with van der Waals surface area (Å²) in [5.41, 5.74) is 2.06. The molecule has 1 aromatic carbocycles. The van der Waals surface area contributed by atoms with Gasteiger partial charge in [0.05, 0.1) is 0 Å². The van der Waals surface area contributed by atoms with Gasteiger partial charge in [0.15, 0.2) is 17.3 Å². The van der Waals surface area contributed by atoms with Crippen LogP contribution in [0.1, 0.15) is 6.92 Å². The van der Waals surface area contributed by atoms with Gasteiger partial charge in [-0.15, -0.1) is 0 Å². The molecule has 2 amide bonds. The van der Waals surface area contributed by atoms with Gasteiger partial charge < -0.3 is 9.88 Å². The Morgan fingerprint density at radius 2 is 2.00 bits per heavy atom. The first-order valence-electron chi connectivity index (χ1n) is 8.47. The SMILES string of the molecule is CCNC(=O)Nc1nc(-c2ccc(F)cc2)c2nc(-c3ncn[nH]3)n(C)c2n1. The fourth-order valence-electron chi connectivity index (χ4n) is 2.76. The lowest BCUT2D eigenvalue weighted by Crippen LogP contribution is -2.29. The summed E-state index contributed by atoms with van der Waals surface area (Å²) in [7, 11) is 1.77. The zero-order chi connectivity index (χ0) is 19.7. The molecule has 3 heterocycles. The van der Waals surface area contributed by atoms with Crippen LogP contribution < -0.4 is 10.6 Å². The minimum Gasteiger partial charge on any atom is -0.338 e. The highest BCUT2D eigenvalue weighted by atomic mass is 19.1. The van der Waals surface area contributed by atoms with E-state index in [-0.39, 0.29) is 11.8 Å². The number of anilines is 1. The number of benzene rings is 1. The fraction of sp³-hybridized carbons (Fsp3) is 0.176. The van der Waals surface area contributed by atoms with E-state index in [1.54, 1.807) is 30.7 Å². The Morgan fingerprint density at radius 3 is 2.68 bits per heavy atom. The predicted octanol–water partition coefficient (Wildman–Crippen LogP) is 2.10. The third kappa shape index (κ3) is 3.13. The van der Waals surface area contributed by atoms with Crippen LogP contribution in [0, 0.1) is 5.82 Å². The number of imidazole rings is 1. The Morgan fingerprint density at radius 1 is 1.21 bits per heavy atom. The van der Waals surface area contributed by atoms with E-state index >= 15 is 0 Å². The molecule has 3 aromatic heterocycles. The molecule has 0 spiro atoms. The first kappa shape index (κ1) is 17.5. The molecule has 0 unspecified atom stereocenters. The maximum atomic E-state index is 13.4. The Labute approximate surface area is 158 Å². The Bertz CT molecular complexity index is 1140. The minimum absolute atomic E-state index is 0.102. The van der Waals surface area contributed by atoms with Gasteiger partial charge in [-0.3, -0.25) is 10.4 Å². The lowest BCUT2D eigenvalue weighted by Gasteiger charge is -2.08. The molecule has 0 bridgehead atoms. The Hall–Kier alpha value is -3.89. The maximum absolute atomic E-state index is 13.4. The summed E-state index contributed by atoms with van der Waals surface area (Å²) < 4.78 is 15.1. The number of fused-ring (bicyclic) bond motifs is 1. The second-order valence-corrected chi connectivity index (χ2v) is 5.89. The lowest BCUT2D eigenvalue weighted by atomic mass is 10.1. The first-order chi connectivity index (χ1) is 13.6. The number of aromatic amines is 1. The molecule has 142 valence electrons. The molecule has 0 radical (unpaired) electrons. The molecule has 3 N–H and O–H groups in total. The van der Waals surface area contributed by atoms with Gasteiger partial charge >= 0.3 is 6.03 Å². The molecule has 0 aliphatic rings. The summed E-state index contributed by atoms with van der Waals surface area (Å²) in [5, 5.41) is 11.8. The molecule has 0 fully saturated rings. The van der Waals surface area contributed by atoms with Crippen molar-refractivity contribution in [1.29, 1.82) is 0 Å². The molecule has 28 heavy (non-hydrogen) atoms. The number of carbonyl (C=O) groups excluding carboxylic acids is 1. The van der Waals surface area contributed by atoms with Crippen LogP contribution in [0.4, 0.5) is 15.1 Å². The molecular formula is C17H16FN9O. The van der Waals surface area contributed by atoms with E-state index in [4.69, 9.17) is 0 Å². The molecule has 0 aliphatic heterocycles. The topological polar surface area (TPSA) is 126 Å². The van der Waals surface area contributed by atoms with Crippen LogP contribution in [0.2, 0.25) is 0 Å². The highest BCUT2D eigenvalue weighted by Gasteiger charge is 2.20. The largest absolute Gasteiger partial charge is 0.338 e. The van der Waals surface area contributed by atoms with Crippen molar-refractivity contribution in [3.8, 4) is 22.9 Å². The number of carbonyl (C=O) groups is 1. The number of hydrogen-bond donors (Lipinski definition) is 3. The summed E-state index contributed by atoms with van der Waals surface area (Å²) >= 11 is 0. The standard InChI is InChI=1S/C17H16FN9O/c1-3-19-17(28)25-16-23-11(9-4-6-10(18)7-5-9)12-14(24-16)27(2)15(22-12)13-20-8-21-26-13/h4-8H,3H2,1-2H3,(H,20,21,26)(H2,19,23,24,25,28). The van der Waals surface area contributed by atoms with Gasteiger partial charge in [0.1, 0.15) is 23.4 Å². The van der Waals surface area contributed by atoms with Crippen molar-refractivity contribution >= 4 is 23.1 Å². The van der Waals surface area contributed by atoms with E-state index in [1.807, 2.05) is 0 Å². The van der Waals surface area contributed by atoms with Crippen molar-refractivity contribution in [1.82, 2.24) is 40.0 Å². The monoisotopic (exact) mass is 381 g/mol. The van der Waals surface area contributed by atoms with Crippen molar-refractivity contribution in [2.45, 2.75) is 6.92 Å². The van der Waals surface area contributed by atoms with Gasteiger partial charge in [0.25, 0.3) is 0 Å². The van der Waals surface area contributed by atoms with E-state index in [1.165, 1.54) is 18.5 Å². The normalized spacial score (nSPS) is 11.0. The third-order valence-electron chi connectivity index (χ3n) is 4.03. The van der Waals surface area contributed by atoms with E-state index in [0.717, 1.165) is 0 Å². The lowest BCUT2D eigenvalue weighted by molar-refractivity contribution is 0.252. The summed E-state index contributed by atoms with van der Waals surface area (Å²) in [6.45, 7) is 2.26. The number of halogens is 1. The van der Waals surface area contributed by atoms with E-state index < -0.39 is 6.03 Å². The quantitative estimate of drug-likeness (QED) is 0.497. The molecule has 4 aromatic rings.